The van der Waals surface area contributed by atoms with E-state index in [0.29, 0.717) is 5.75 Å². The second-order valence-electron chi connectivity index (χ2n) is 8.12. The van der Waals surface area contributed by atoms with E-state index in [1.54, 1.807) is 65.8 Å². The van der Waals surface area contributed by atoms with Gasteiger partial charge in [0.2, 0.25) is 0 Å². The maximum Gasteiger partial charge on any atom is 0.408 e. The smallest absolute Gasteiger partial charge is 0.408 e. The van der Waals surface area contributed by atoms with Crippen molar-refractivity contribution in [3.8, 4) is 5.75 Å². The number of amides is 1. The first-order valence-corrected chi connectivity index (χ1v) is 8.90. The third-order valence-corrected chi connectivity index (χ3v) is 3.09. The van der Waals surface area contributed by atoms with Crippen LogP contribution in [0.25, 0.3) is 0 Å². The number of alkyl carbamates (subject to hydrolysis) is 1. The van der Waals surface area contributed by atoms with Crippen LogP contribution >= 0.6 is 0 Å². The third-order valence-electron chi connectivity index (χ3n) is 3.09. The molecule has 1 aromatic carbocycles. The maximum atomic E-state index is 12.5. The van der Waals surface area contributed by atoms with Crippen molar-refractivity contribution in [2.24, 2.45) is 0 Å². The fourth-order valence-corrected chi connectivity index (χ4v) is 2.13. The van der Waals surface area contributed by atoms with Gasteiger partial charge in [-0.05, 0) is 59.2 Å². The van der Waals surface area contributed by atoms with Crippen LogP contribution < -0.4 is 10.1 Å². The van der Waals surface area contributed by atoms with Gasteiger partial charge in [-0.15, -0.1) is 0 Å². The van der Waals surface area contributed by atoms with Gasteiger partial charge in [0.25, 0.3) is 0 Å². The summed E-state index contributed by atoms with van der Waals surface area (Å²) in [5.74, 6) is -0.0172. The fourth-order valence-electron chi connectivity index (χ4n) is 2.13. The van der Waals surface area contributed by atoms with Crippen molar-refractivity contribution in [3.05, 3.63) is 29.8 Å². The van der Waals surface area contributed by atoms with Crippen molar-refractivity contribution in [1.29, 1.82) is 0 Å². The molecule has 7 heteroatoms. The van der Waals surface area contributed by atoms with Gasteiger partial charge in [-0.3, -0.25) is 0 Å². The lowest BCUT2D eigenvalue weighted by Crippen LogP contribution is -2.47. The van der Waals surface area contributed by atoms with Crippen molar-refractivity contribution >= 4 is 12.1 Å². The Morgan fingerprint density at radius 2 is 1.56 bits per heavy atom. The van der Waals surface area contributed by atoms with Crippen molar-refractivity contribution in [3.63, 3.8) is 0 Å². The zero-order valence-corrected chi connectivity index (χ0v) is 16.9. The zero-order valence-electron chi connectivity index (χ0n) is 16.9. The van der Waals surface area contributed by atoms with Crippen LogP contribution in [0.1, 0.15) is 47.1 Å². The Bertz CT molecular complexity index is 617. The summed E-state index contributed by atoms with van der Waals surface area (Å²) in [6.07, 6.45) is -0.473. The lowest BCUT2D eigenvalue weighted by molar-refractivity contribution is -0.157. The zero-order chi connectivity index (χ0) is 20.7. The minimum Gasteiger partial charge on any atom is -0.491 e. The molecule has 1 rings (SSSR count). The first kappa shape index (κ1) is 22.7. The maximum absolute atomic E-state index is 12.5. The molecule has 152 valence electrons. The Morgan fingerprint density at radius 1 is 1.00 bits per heavy atom. The van der Waals surface area contributed by atoms with Gasteiger partial charge in [0.15, 0.2) is 0 Å². The molecule has 6 nitrogen and oxygen atoms in total. The van der Waals surface area contributed by atoms with Gasteiger partial charge in [0.1, 0.15) is 36.3 Å². The Kier molecular flexibility index (Phi) is 8.06. The molecule has 0 saturated carbocycles. The Balaban J connectivity index is 2.86. The van der Waals surface area contributed by atoms with Crippen molar-refractivity contribution in [2.75, 3.05) is 13.3 Å². The first-order chi connectivity index (χ1) is 12.4. The topological polar surface area (TPSA) is 73.9 Å². The van der Waals surface area contributed by atoms with Gasteiger partial charge in [0, 0.05) is 6.42 Å². The number of alkyl halides is 1. The SMILES string of the molecule is CC(C)(C)OC(=O)N[C@@H](Cc1ccc(OCC[18F])cc1)C(=O)OC(C)(C)C. The molecule has 0 bridgehead atoms. The van der Waals surface area contributed by atoms with E-state index >= 15 is 0 Å². The molecule has 1 N–H and O–H groups in total. The molecule has 0 saturated heterocycles. The van der Waals surface area contributed by atoms with Gasteiger partial charge in [-0.1, -0.05) is 12.1 Å². The molecule has 1 amide bonds. The molecule has 27 heavy (non-hydrogen) atoms. The Hall–Kier alpha value is -2.31. The summed E-state index contributed by atoms with van der Waals surface area (Å²) in [7, 11) is 0. The minimum atomic E-state index is -0.906. The summed E-state index contributed by atoms with van der Waals surface area (Å²) in [5.41, 5.74) is -0.581. The number of nitrogens with one attached hydrogen (secondary N) is 1. The van der Waals surface area contributed by atoms with E-state index in [9.17, 15) is 14.0 Å². The summed E-state index contributed by atoms with van der Waals surface area (Å²) in [4.78, 5) is 24.6. The average molecular weight is 382 g/mol. The van der Waals surface area contributed by atoms with E-state index in [1.165, 1.54) is 0 Å². The number of esters is 1. The van der Waals surface area contributed by atoms with Crippen LogP contribution in [0.4, 0.5) is 9.18 Å². The number of hydrogen-bond acceptors (Lipinski definition) is 5. The fraction of sp³-hybridized carbons (Fsp3) is 0.600. The summed E-state index contributed by atoms with van der Waals surface area (Å²) < 4.78 is 28.0. The standard InChI is InChI=1S/C20H30FNO5/c1-19(2,3)26-17(23)16(22-18(24)27-20(4,5)6)13-14-7-9-15(10-8-14)25-12-11-21/h7-10,16H,11-13H2,1-6H3,(H,22,24)/t16-/m0/s1/i21-1. The molecule has 0 aromatic heterocycles. The normalized spacial score (nSPS) is 12.9. The quantitative estimate of drug-likeness (QED) is 0.726. The monoisotopic (exact) mass is 382 g/mol. The van der Waals surface area contributed by atoms with E-state index in [1.807, 2.05) is 0 Å². The van der Waals surface area contributed by atoms with Gasteiger partial charge < -0.3 is 19.5 Å². The van der Waals surface area contributed by atoms with Gasteiger partial charge in [0.05, 0.1) is 0 Å². The number of rotatable bonds is 7. The molecule has 0 aliphatic heterocycles. The molecule has 1 atom stereocenters. The van der Waals surface area contributed by atoms with Crippen LogP contribution in [0.15, 0.2) is 24.3 Å². The van der Waals surface area contributed by atoms with Crippen molar-refractivity contribution in [2.45, 2.75) is 65.2 Å². The Labute approximate surface area is 160 Å². The van der Waals surface area contributed by atoms with E-state index in [0.717, 1.165) is 5.56 Å². The average Bonchev–Trinajstić information content (AvgIpc) is 2.50. The van der Waals surface area contributed by atoms with E-state index in [-0.39, 0.29) is 13.0 Å². The first-order valence-electron chi connectivity index (χ1n) is 8.90. The van der Waals surface area contributed by atoms with E-state index < -0.39 is 36.0 Å². The van der Waals surface area contributed by atoms with Crippen LogP contribution in [-0.2, 0) is 20.7 Å². The van der Waals surface area contributed by atoms with Gasteiger partial charge in [-0.2, -0.15) is 0 Å². The highest BCUT2D eigenvalue weighted by molar-refractivity contribution is 5.82. The number of carbonyl (C=O) groups is 2. The molecule has 0 aliphatic carbocycles. The van der Waals surface area contributed by atoms with Crippen LogP contribution in [0.3, 0.4) is 0 Å². The molecule has 0 unspecified atom stereocenters. The largest absolute Gasteiger partial charge is 0.491 e. The lowest BCUT2D eigenvalue weighted by Gasteiger charge is -2.26. The lowest BCUT2D eigenvalue weighted by atomic mass is 10.1. The molecule has 0 spiro atoms. The van der Waals surface area contributed by atoms with Crippen LogP contribution in [-0.4, -0.2) is 42.6 Å². The summed E-state index contributed by atoms with van der Waals surface area (Å²) in [6.45, 7) is 9.91. The number of benzene rings is 1. The number of hydrogen-bond donors (Lipinski definition) is 1. The van der Waals surface area contributed by atoms with E-state index in [2.05, 4.69) is 5.32 Å². The number of halogens is 1. The molecular formula is C20H30FNO5. The van der Waals surface area contributed by atoms with Gasteiger partial charge >= 0.3 is 12.1 Å². The highest BCUT2D eigenvalue weighted by Crippen LogP contribution is 2.16. The summed E-state index contributed by atoms with van der Waals surface area (Å²) in [5, 5.41) is 2.58. The molecule has 0 aliphatic rings. The number of carbonyl (C=O) groups excluding carboxylic acids is 2. The molecule has 0 radical (unpaired) electrons. The molecular weight excluding hydrogens is 352 g/mol. The van der Waals surface area contributed by atoms with Crippen molar-refractivity contribution < 1.29 is 28.2 Å². The predicted molar refractivity (Wildman–Crippen MR) is 101 cm³/mol. The summed E-state index contributed by atoms with van der Waals surface area (Å²) in [6, 6.07) is 5.97. The second-order valence-corrected chi connectivity index (χ2v) is 8.12. The van der Waals surface area contributed by atoms with Crippen LogP contribution in [0.5, 0.6) is 5.75 Å². The minimum absolute atomic E-state index is 0.0138. The summed E-state index contributed by atoms with van der Waals surface area (Å²) >= 11 is 0. The van der Waals surface area contributed by atoms with Crippen LogP contribution in [0, 0.1) is 0 Å². The molecule has 0 fully saturated rings. The van der Waals surface area contributed by atoms with E-state index in [4.69, 9.17) is 14.2 Å². The predicted octanol–water partition coefficient (Wildman–Crippen LogP) is 3.81. The van der Waals surface area contributed by atoms with Crippen LogP contribution in [0.2, 0.25) is 0 Å². The number of ether oxygens (including phenoxy) is 3. The highest BCUT2D eigenvalue weighted by Gasteiger charge is 2.28. The molecule has 0 heterocycles. The van der Waals surface area contributed by atoms with Gasteiger partial charge in [-0.25, -0.2) is 14.0 Å². The third kappa shape index (κ3) is 9.82. The highest BCUT2D eigenvalue weighted by atomic mass is 18.2. The molecule has 1 aromatic rings. The van der Waals surface area contributed by atoms with Crippen molar-refractivity contribution in [1.82, 2.24) is 5.32 Å². The second kappa shape index (κ2) is 9.58. The Morgan fingerprint density at radius 3 is 2.04 bits per heavy atom.